The van der Waals surface area contributed by atoms with Crippen molar-refractivity contribution in [1.29, 1.82) is 0 Å². The van der Waals surface area contributed by atoms with Crippen LogP contribution in [-0.4, -0.2) is 31.9 Å². The lowest BCUT2D eigenvalue weighted by Gasteiger charge is -2.23. The van der Waals surface area contributed by atoms with E-state index >= 15 is 0 Å². The largest absolute Gasteiger partial charge is 0.340 e. The summed E-state index contributed by atoms with van der Waals surface area (Å²) in [6.45, 7) is 0.527. The van der Waals surface area contributed by atoms with E-state index in [-0.39, 0.29) is 12.1 Å². The van der Waals surface area contributed by atoms with Crippen molar-refractivity contribution in [2.24, 2.45) is 0 Å². The lowest BCUT2D eigenvalue weighted by atomic mass is 10.2. The van der Waals surface area contributed by atoms with Crippen LogP contribution in [0.15, 0.2) is 73.3 Å². The van der Waals surface area contributed by atoms with Crippen LogP contribution < -0.4 is 10.6 Å². The molecule has 2 aromatic heterocycles. The molecule has 0 bridgehead atoms. The molecule has 7 nitrogen and oxygen atoms in total. The quantitative estimate of drug-likeness (QED) is 0.420. The first-order valence-electron chi connectivity index (χ1n) is 10.7. The molecule has 0 unspecified atom stereocenters. The molecule has 2 aromatic carbocycles. The molecule has 2 amide bonds. The minimum absolute atomic E-state index is 0.131. The van der Waals surface area contributed by atoms with Gasteiger partial charge in [-0.2, -0.15) is 0 Å². The minimum atomic E-state index is -0.131. The van der Waals surface area contributed by atoms with Crippen LogP contribution in [0.2, 0.25) is 0 Å². The molecule has 4 aromatic rings. The third kappa shape index (κ3) is 4.75. The molecule has 1 fully saturated rings. The summed E-state index contributed by atoms with van der Waals surface area (Å²) in [5.41, 5.74) is 4.07. The highest BCUT2D eigenvalue weighted by Crippen LogP contribution is 2.30. The summed E-state index contributed by atoms with van der Waals surface area (Å²) < 4.78 is 0. The smallest absolute Gasteiger partial charge is 0.322 e. The first-order chi connectivity index (χ1) is 16.2. The molecule has 7 heteroatoms. The topological polar surface area (TPSA) is 83.0 Å². The van der Waals surface area contributed by atoms with Gasteiger partial charge in [-0.15, -0.1) is 6.42 Å². The average molecular weight is 435 g/mol. The van der Waals surface area contributed by atoms with Gasteiger partial charge in [-0.3, -0.25) is 4.98 Å². The van der Waals surface area contributed by atoms with E-state index in [0.29, 0.717) is 18.1 Å². The lowest BCUT2D eigenvalue weighted by molar-refractivity contribution is 0.206. The number of amides is 2. The second-order valence-electron chi connectivity index (χ2n) is 7.95. The van der Waals surface area contributed by atoms with Crippen molar-refractivity contribution in [1.82, 2.24) is 19.9 Å². The number of urea groups is 1. The maximum atomic E-state index is 13.1. The Bertz CT molecular complexity index is 1340. The van der Waals surface area contributed by atoms with Gasteiger partial charge in [-0.1, -0.05) is 18.1 Å². The van der Waals surface area contributed by atoms with Gasteiger partial charge in [-0.25, -0.2) is 14.8 Å². The van der Waals surface area contributed by atoms with E-state index in [1.165, 1.54) is 6.33 Å². The monoisotopic (exact) mass is 434 g/mol. The molecule has 2 heterocycles. The number of benzene rings is 2. The number of hydrogen-bond donors (Lipinski definition) is 2. The molecular formula is C26H22N6O. The molecule has 1 aliphatic rings. The predicted molar refractivity (Wildman–Crippen MR) is 129 cm³/mol. The lowest BCUT2D eigenvalue weighted by Crippen LogP contribution is -2.36. The number of nitrogens with one attached hydrogen (secondary N) is 2. The standard InChI is InChI=1S/C26H22N6O/c1-2-18-5-3-7-20(13-18)30-25-23-14-21(8-11-24(23)28-17-29-25)31-26(33)32(22-9-10-22)16-19-6-4-12-27-15-19/h1,3-8,11-15,17,22H,9-10,16H2,(H,31,33)(H,28,29,30). The number of rotatable bonds is 6. The number of carbonyl (C=O) groups is 1. The van der Waals surface area contributed by atoms with Gasteiger partial charge in [0.15, 0.2) is 0 Å². The number of carbonyl (C=O) groups excluding carboxylic acids is 1. The van der Waals surface area contributed by atoms with Gasteiger partial charge in [0.2, 0.25) is 0 Å². The highest BCUT2D eigenvalue weighted by Gasteiger charge is 2.32. The van der Waals surface area contributed by atoms with Crippen molar-refractivity contribution >= 4 is 34.1 Å². The first-order valence-corrected chi connectivity index (χ1v) is 10.7. The molecule has 0 aliphatic heterocycles. The number of pyridine rings is 1. The van der Waals surface area contributed by atoms with Crippen LogP contribution in [0.25, 0.3) is 10.9 Å². The summed E-state index contributed by atoms with van der Waals surface area (Å²) in [4.78, 5) is 27.9. The Labute approximate surface area is 191 Å². The van der Waals surface area contributed by atoms with Crippen LogP contribution in [0, 0.1) is 12.3 Å². The van der Waals surface area contributed by atoms with E-state index in [1.54, 1.807) is 12.4 Å². The fraction of sp³-hybridized carbons (Fsp3) is 0.154. The highest BCUT2D eigenvalue weighted by molar-refractivity contribution is 5.97. The van der Waals surface area contributed by atoms with Crippen molar-refractivity contribution in [3.8, 4) is 12.3 Å². The predicted octanol–water partition coefficient (Wildman–Crippen LogP) is 4.95. The van der Waals surface area contributed by atoms with E-state index in [1.807, 2.05) is 59.5 Å². The fourth-order valence-corrected chi connectivity index (χ4v) is 3.69. The molecule has 2 N–H and O–H groups in total. The summed E-state index contributed by atoms with van der Waals surface area (Å²) >= 11 is 0. The Hall–Kier alpha value is -4.44. The number of terminal acetylenes is 1. The Kier molecular flexibility index (Phi) is 5.56. The Morgan fingerprint density at radius 2 is 2.00 bits per heavy atom. The molecule has 162 valence electrons. The highest BCUT2D eigenvalue weighted by atomic mass is 16.2. The summed E-state index contributed by atoms with van der Waals surface area (Å²) in [5.74, 6) is 3.27. The maximum absolute atomic E-state index is 13.1. The molecule has 1 aliphatic carbocycles. The Balaban J connectivity index is 1.38. The maximum Gasteiger partial charge on any atom is 0.322 e. The van der Waals surface area contributed by atoms with E-state index in [4.69, 9.17) is 6.42 Å². The van der Waals surface area contributed by atoms with Crippen molar-refractivity contribution in [3.63, 3.8) is 0 Å². The second-order valence-corrected chi connectivity index (χ2v) is 7.95. The van der Waals surface area contributed by atoms with Gasteiger partial charge in [-0.05, 0) is 60.9 Å². The third-order valence-electron chi connectivity index (χ3n) is 5.50. The molecule has 0 spiro atoms. The number of aromatic nitrogens is 3. The van der Waals surface area contributed by atoms with Gasteiger partial charge in [0.25, 0.3) is 0 Å². The van der Waals surface area contributed by atoms with Gasteiger partial charge in [0, 0.05) is 47.3 Å². The fourth-order valence-electron chi connectivity index (χ4n) is 3.69. The van der Waals surface area contributed by atoms with Crippen molar-refractivity contribution in [2.75, 3.05) is 10.6 Å². The van der Waals surface area contributed by atoms with Crippen LogP contribution in [0.5, 0.6) is 0 Å². The number of nitrogens with zero attached hydrogens (tertiary/aromatic N) is 4. The molecular weight excluding hydrogens is 412 g/mol. The summed E-state index contributed by atoms with van der Waals surface area (Å²) in [7, 11) is 0. The van der Waals surface area contributed by atoms with Crippen LogP contribution >= 0.6 is 0 Å². The van der Waals surface area contributed by atoms with E-state index in [9.17, 15) is 4.79 Å². The first kappa shape index (κ1) is 20.5. The van der Waals surface area contributed by atoms with E-state index in [0.717, 1.165) is 40.6 Å². The van der Waals surface area contributed by atoms with E-state index < -0.39 is 0 Å². The molecule has 5 rings (SSSR count). The van der Waals surface area contributed by atoms with Crippen LogP contribution in [0.1, 0.15) is 24.0 Å². The zero-order valence-electron chi connectivity index (χ0n) is 17.9. The van der Waals surface area contributed by atoms with Gasteiger partial charge < -0.3 is 15.5 Å². The van der Waals surface area contributed by atoms with Gasteiger partial charge >= 0.3 is 6.03 Å². The SMILES string of the molecule is C#Cc1cccc(Nc2ncnc3ccc(NC(=O)N(Cc4cccnc4)C4CC4)cc23)c1. The normalized spacial score (nSPS) is 12.7. The van der Waals surface area contributed by atoms with Crippen molar-refractivity contribution in [2.45, 2.75) is 25.4 Å². The van der Waals surface area contributed by atoms with Gasteiger partial charge in [0.1, 0.15) is 12.1 Å². The van der Waals surface area contributed by atoms with Crippen LogP contribution in [0.3, 0.4) is 0 Å². The molecule has 0 radical (unpaired) electrons. The van der Waals surface area contributed by atoms with E-state index in [2.05, 4.69) is 31.5 Å². The van der Waals surface area contributed by atoms with Crippen LogP contribution in [0.4, 0.5) is 22.0 Å². The summed E-state index contributed by atoms with van der Waals surface area (Å²) in [6, 6.07) is 17.2. The number of hydrogen-bond acceptors (Lipinski definition) is 5. The molecule has 0 atom stereocenters. The summed E-state index contributed by atoms with van der Waals surface area (Å²) in [6.07, 6.45) is 12.6. The molecule has 1 saturated carbocycles. The molecule has 33 heavy (non-hydrogen) atoms. The zero-order chi connectivity index (χ0) is 22.6. The van der Waals surface area contributed by atoms with Crippen LogP contribution in [-0.2, 0) is 6.54 Å². The zero-order valence-corrected chi connectivity index (χ0v) is 17.9. The Morgan fingerprint density at radius 1 is 1.09 bits per heavy atom. The summed E-state index contributed by atoms with van der Waals surface area (Å²) in [5, 5.41) is 7.15. The van der Waals surface area contributed by atoms with Crippen molar-refractivity contribution < 1.29 is 4.79 Å². The van der Waals surface area contributed by atoms with Gasteiger partial charge in [0.05, 0.1) is 5.52 Å². The number of fused-ring (bicyclic) bond motifs is 1. The average Bonchev–Trinajstić information content (AvgIpc) is 3.69. The Morgan fingerprint density at radius 3 is 2.79 bits per heavy atom. The molecule has 0 saturated heterocycles. The minimum Gasteiger partial charge on any atom is -0.340 e. The second kappa shape index (κ2) is 8.97. The number of anilines is 3. The van der Waals surface area contributed by atoms with Crippen molar-refractivity contribution in [3.05, 3.63) is 84.4 Å². The third-order valence-corrected chi connectivity index (χ3v) is 5.50.